The Kier molecular flexibility index (Phi) is 16.1. The molecule has 3 nitrogen and oxygen atoms in total. The van der Waals surface area contributed by atoms with Gasteiger partial charge in [0.15, 0.2) is 6.29 Å². The van der Waals surface area contributed by atoms with Crippen molar-refractivity contribution in [2.24, 2.45) is 23.7 Å². The van der Waals surface area contributed by atoms with Crippen LogP contribution in [0.3, 0.4) is 0 Å². The molecule has 0 fully saturated rings. The van der Waals surface area contributed by atoms with Crippen molar-refractivity contribution in [1.82, 2.24) is 0 Å². The van der Waals surface area contributed by atoms with Crippen LogP contribution in [0, 0.1) is 23.7 Å². The minimum absolute atomic E-state index is 0. The van der Waals surface area contributed by atoms with E-state index >= 15 is 0 Å². The molecule has 0 saturated heterocycles. The van der Waals surface area contributed by atoms with E-state index in [9.17, 15) is 0 Å². The summed E-state index contributed by atoms with van der Waals surface area (Å²) in [7, 11) is 0. The molecule has 0 aromatic heterocycles. The molecule has 0 aliphatic carbocycles. The molecule has 2 unspecified atom stereocenters. The van der Waals surface area contributed by atoms with Gasteiger partial charge in [0.2, 0.25) is 0 Å². The molecule has 1 rings (SSSR count). The van der Waals surface area contributed by atoms with Crippen molar-refractivity contribution in [3.8, 4) is 5.75 Å². The summed E-state index contributed by atoms with van der Waals surface area (Å²) in [4.78, 5) is 0. The van der Waals surface area contributed by atoms with Crippen LogP contribution in [0.2, 0.25) is 0 Å². The van der Waals surface area contributed by atoms with Gasteiger partial charge in [0.1, 0.15) is 5.75 Å². The van der Waals surface area contributed by atoms with Gasteiger partial charge < -0.3 is 14.9 Å². The quantitative estimate of drug-likeness (QED) is 0.303. The Bertz CT molecular complexity index is 471. The van der Waals surface area contributed by atoms with Gasteiger partial charge in [-0.1, -0.05) is 60.6 Å². The molecule has 28 heavy (non-hydrogen) atoms. The topological polar surface area (TPSA) is 50.0 Å². The first-order chi connectivity index (χ1) is 12.8. The maximum atomic E-state index is 6.19. The van der Waals surface area contributed by atoms with Gasteiger partial charge in [-0.15, -0.1) is 13.2 Å². The lowest BCUT2D eigenvalue weighted by atomic mass is 9.83. The Balaban J connectivity index is 0. The molecule has 0 aliphatic rings. The Morgan fingerprint density at radius 3 is 1.68 bits per heavy atom. The predicted octanol–water partition coefficient (Wildman–Crippen LogP) is 6.87. The van der Waals surface area contributed by atoms with Gasteiger partial charge in [-0.05, 0) is 60.6 Å². The standard InChI is InChI=1S/C23H40O2.C2H4.H2O/c1-9-21(16(3)4)19-11-13-20(14-12-19)25-23(24-10-2)15-22(17(5)6)18(7)8;1-2;/h11-14,16-18,21-23H,9-10,15H2,1-8H3;1-2H2;1H2. The molecule has 0 radical (unpaired) electrons. The van der Waals surface area contributed by atoms with Crippen molar-refractivity contribution in [1.29, 1.82) is 0 Å². The van der Waals surface area contributed by atoms with Crippen LogP contribution >= 0.6 is 0 Å². The fourth-order valence-corrected chi connectivity index (χ4v) is 3.91. The smallest absolute Gasteiger partial charge is 0.200 e. The summed E-state index contributed by atoms with van der Waals surface area (Å²) in [6.45, 7) is 24.7. The highest BCUT2D eigenvalue weighted by Gasteiger charge is 2.24. The minimum atomic E-state index is -0.169. The van der Waals surface area contributed by atoms with E-state index in [4.69, 9.17) is 9.47 Å². The van der Waals surface area contributed by atoms with E-state index in [1.807, 2.05) is 6.92 Å². The van der Waals surface area contributed by atoms with Crippen LogP contribution in [0.4, 0.5) is 0 Å². The van der Waals surface area contributed by atoms with Crippen LogP contribution in [0.25, 0.3) is 0 Å². The lowest BCUT2D eigenvalue weighted by Crippen LogP contribution is -2.28. The zero-order valence-electron chi connectivity index (χ0n) is 19.6. The molecule has 0 heterocycles. The summed E-state index contributed by atoms with van der Waals surface area (Å²) in [6.07, 6.45) is 1.94. The molecule has 3 heteroatoms. The maximum absolute atomic E-state index is 6.19. The number of hydrogen-bond acceptors (Lipinski definition) is 2. The molecule has 1 aromatic carbocycles. The number of ether oxygens (including phenoxy) is 2. The van der Waals surface area contributed by atoms with Gasteiger partial charge in [-0.25, -0.2) is 0 Å². The Labute approximate surface area is 174 Å². The lowest BCUT2D eigenvalue weighted by molar-refractivity contribution is -0.0948. The van der Waals surface area contributed by atoms with Gasteiger partial charge in [-0.3, -0.25) is 0 Å². The van der Waals surface area contributed by atoms with Crippen molar-refractivity contribution in [2.75, 3.05) is 6.61 Å². The van der Waals surface area contributed by atoms with Crippen LogP contribution in [0.15, 0.2) is 37.4 Å². The molecule has 2 N–H and O–H groups in total. The maximum Gasteiger partial charge on any atom is 0.200 e. The molecular weight excluding hydrogens is 348 g/mol. The van der Waals surface area contributed by atoms with Gasteiger partial charge in [0, 0.05) is 13.0 Å². The monoisotopic (exact) mass is 394 g/mol. The van der Waals surface area contributed by atoms with Gasteiger partial charge in [0.05, 0.1) is 0 Å². The van der Waals surface area contributed by atoms with Crippen LogP contribution in [-0.4, -0.2) is 18.4 Å². The van der Waals surface area contributed by atoms with E-state index in [0.717, 1.165) is 12.2 Å². The van der Waals surface area contributed by atoms with Crippen molar-refractivity contribution in [2.45, 2.75) is 80.4 Å². The Hall–Kier alpha value is -1.32. The fraction of sp³-hybridized carbons (Fsp3) is 0.680. The zero-order chi connectivity index (χ0) is 21.0. The molecule has 0 spiro atoms. The second-order valence-electron chi connectivity index (χ2n) is 8.22. The van der Waals surface area contributed by atoms with E-state index in [1.54, 1.807) is 0 Å². The summed E-state index contributed by atoms with van der Waals surface area (Å²) < 4.78 is 12.1. The van der Waals surface area contributed by atoms with Crippen LogP contribution in [0.1, 0.15) is 79.7 Å². The van der Waals surface area contributed by atoms with E-state index in [2.05, 4.69) is 85.9 Å². The van der Waals surface area contributed by atoms with Crippen molar-refractivity contribution in [3.05, 3.63) is 43.0 Å². The fourth-order valence-electron chi connectivity index (χ4n) is 3.91. The molecule has 1 aromatic rings. The molecule has 0 saturated carbocycles. The highest BCUT2D eigenvalue weighted by molar-refractivity contribution is 5.29. The first kappa shape index (κ1) is 28.9. The molecule has 0 bridgehead atoms. The second kappa shape index (κ2) is 15.6. The third kappa shape index (κ3) is 9.75. The van der Waals surface area contributed by atoms with Gasteiger partial charge in [-0.2, -0.15) is 0 Å². The van der Waals surface area contributed by atoms with E-state index in [0.29, 0.717) is 36.2 Å². The van der Waals surface area contributed by atoms with Crippen LogP contribution < -0.4 is 4.74 Å². The van der Waals surface area contributed by atoms with E-state index < -0.39 is 0 Å². The first-order valence-electron chi connectivity index (χ1n) is 10.7. The first-order valence-corrected chi connectivity index (χ1v) is 10.7. The average Bonchev–Trinajstić information content (AvgIpc) is 2.62. The number of benzene rings is 1. The number of rotatable bonds is 11. The van der Waals surface area contributed by atoms with Crippen LogP contribution in [-0.2, 0) is 4.74 Å². The summed E-state index contributed by atoms with van der Waals surface area (Å²) in [5.74, 6) is 4.04. The third-order valence-corrected chi connectivity index (χ3v) is 5.35. The highest BCUT2D eigenvalue weighted by atomic mass is 16.7. The largest absolute Gasteiger partial charge is 0.465 e. The normalized spacial score (nSPS) is 13.1. The molecule has 0 amide bonds. The summed E-state index contributed by atoms with van der Waals surface area (Å²) in [6, 6.07) is 8.64. The number of hydrogen-bond donors (Lipinski definition) is 0. The predicted molar refractivity (Wildman–Crippen MR) is 123 cm³/mol. The Morgan fingerprint density at radius 1 is 0.821 bits per heavy atom. The summed E-state index contributed by atoms with van der Waals surface area (Å²) in [5.41, 5.74) is 1.40. The van der Waals surface area contributed by atoms with Crippen LogP contribution in [0.5, 0.6) is 5.75 Å². The van der Waals surface area contributed by atoms with Crippen molar-refractivity contribution < 1.29 is 14.9 Å². The Morgan fingerprint density at radius 2 is 1.32 bits per heavy atom. The van der Waals surface area contributed by atoms with E-state index in [1.165, 1.54) is 12.0 Å². The molecule has 2 atom stereocenters. The van der Waals surface area contributed by atoms with Gasteiger partial charge >= 0.3 is 0 Å². The third-order valence-electron chi connectivity index (χ3n) is 5.35. The van der Waals surface area contributed by atoms with E-state index in [-0.39, 0.29) is 11.8 Å². The lowest BCUT2D eigenvalue weighted by Gasteiger charge is -2.29. The summed E-state index contributed by atoms with van der Waals surface area (Å²) >= 11 is 0. The van der Waals surface area contributed by atoms with Crippen molar-refractivity contribution in [3.63, 3.8) is 0 Å². The molecule has 0 aliphatic heterocycles. The summed E-state index contributed by atoms with van der Waals surface area (Å²) in [5, 5.41) is 0. The zero-order valence-corrected chi connectivity index (χ0v) is 19.6. The SMILES string of the molecule is C=C.CCOC(CC(C(C)C)C(C)C)Oc1ccc(C(CC)C(C)C)cc1.O. The minimum Gasteiger partial charge on any atom is -0.465 e. The molecule has 164 valence electrons. The van der Waals surface area contributed by atoms with Gasteiger partial charge in [0.25, 0.3) is 0 Å². The van der Waals surface area contributed by atoms with Crippen molar-refractivity contribution >= 4 is 0 Å². The second-order valence-corrected chi connectivity index (χ2v) is 8.22. The average molecular weight is 395 g/mol. The molecular formula is C25H46O3. The highest BCUT2D eigenvalue weighted by Crippen LogP contribution is 2.30.